The second kappa shape index (κ2) is 5.95. The minimum atomic E-state index is -0.295. The Labute approximate surface area is 126 Å². The predicted molar refractivity (Wildman–Crippen MR) is 85.1 cm³/mol. The molecule has 0 spiro atoms. The van der Waals surface area contributed by atoms with Crippen LogP contribution < -0.4 is 10.2 Å². The summed E-state index contributed by atoms with van der Waals surface area (Å²) in [6.07, 6.45) is 2.13. The van der Waals surface area contributed by atoms with Crippen LogP contribution in [0.3, 0.4) is 0 Å². The van der Waals surface area contributed by atoms with E-state index in [-0.39, 0.29) is 10.6 Å². The second-order valence-corrected chi connectivity index (χ2v) is 6.26. The molecule has 0 aliphatic carbocycles. The number of nitro benzene ring substituents is 1. The number of thiazole rings is 1. The molecule has 1 fully saturated rings. The second-order valence-electron chi connectivity index (χ2n) is 5.38. The Kier molecular flexibility index (Phi) is 4.03. The first-order valence-electron chi connectivity index (χ1n) is 7.11. The van der Waals surface area contributed by atoms with Crippen molar-refractivity contribution in [2.45, 2.75) is 12.8 Å². The maximum Gasteiger partial charge on any atom is 0.319 e. The van der Waals surface area contributed by atoms with Gasteiger partial charge in [-0.2, -0.15) is 0 Å². The van der Waals surface area contributed by atoms with Crippen molar-refractivity contribution in [3.63, 3.8) is 0 Å². The fourth-order valence-corrected chi connectivity index (χ4v) is 3.69. The molecule has 0 unspecified atom stereocenters. The maximum atomic E-state index is 11.5. The van der Waals surface area contributed by atoms with Crippen LogP contribution in [0.4, 0.5) is 11.4 Å². The molecule has 1 saturated heterocycles. The van der Waals surface area contributed by atoms with Crippen LogP contribution in [0.2, 0.25) is 0 Å². The van der Waals surface area contributed by atoms with Crippen molar-refractivity contribution in [3.05, 3.63) is 27.8 Å². The summed E-state index contributed by atoms with van der Waals surface area (Å²) in [7, 11) is 1.97. The monoisotopic (exact) mass is 306 g/mol. The number of anilines is 1. The van der Waals surface area contributed by atoms with Crippen LogP contribution >= 0.6 is 11.3 Å². The minimum absolute atomic E-state index is 0.154. The van der Waals surface area contributed by atoms with Gasteiger partial charge in [0, 0.05) is 13.1 Å². The van der Waals surface area contributed by atoms with Gasteiger partial charge < -0.3 is 10.2 Å². The van der Waals surface area contributed by atoms with Gasteiger partial charge in [-0.05, 0) is 44.5 Å². The van der Waals surface area contributed by atoms with Crippen molar-refractivity contribution in [3.8, 4) is 0 Å². The Morgan fingerprint density at radius 2 is 2.24 bits per heavy atom. The summed E-state index contributed by atoms with van der Waals surface area (Å²) in [6.45, 7) is 2.74. The average Bonchev–Trinajstić information content (AvgIpc) is 2.95. The van der Waals surface area contributed by atoms with E-state index in [2.05, 4.69) is 15.2 Å². The topological polar surface area (TPSA) is 71.3 Å². The molecule has 2 aromatic rings. The summed E-state index contributed by atoms with van der Waals surface area (Å²) in [5, 5.41) is 14.7. The smallest absolute Gasteiger partial charge is 0.319 e. The number of benzene rings is 1. The Bertz CT molecular complexity index is 649. The van der Waals surface area contributed by atoms with Gasteiger partial charge in [-0.1, -0.05) is 0 Å². The highest BCUT2D eigenvalue weighted by atomic mass is 32.1. The van der Waals surface area contributed by atoms with Crippen molar-refractivity contribution < 1.29 is 4.92 Å². The number of nitro groups is 1. The molecule has 7 heteroatoms. The van der Waals surface area contributed by atoms with Crippen molar-refractivity contribution in [2.24, 2.45) is 5.92 Å². The number of hydrogen-bond acceptors (Lipinski definition) is 6. The van der Waals surface area contributed by atoms with Gasteiger partial charge in [0.15, 0.2) is 5.52 Å². The highest BCUT2D eigenvalue weighted by Gasteiger charge is 2.27. The average molecular weight is 306 g/mol. The van der Waals surface area contributed by atoms with Crippen LogP contribution in [0.15, 0.2) is 17.6 Å². The fraction of sp³-hybridized carbons (Fsp3) is 0.500. The molecule has 1 aromatic carbocycles. The number of fused-ring (bicyclic) bond motifs is 1. The van der Waals surface area contributed by atoms with Crippen molar-refractivity contribution in [2.75, 3.05) is 31.6 Å². The summed E-state index contributed by atoms with van der Waals surface area (Å²) >= 11 is 1.44. The third-order valence-corrected chi connectivity index (χ3v) is 4.88. The molecule has 0 bridgehead atoms. The molecule has 1 N–H and O–H groups in total. The first-order chi connectivity index (χ1) is 10.2. The quantitative estimate of drug-likeness (QED) is 0.694. The van der Waals surface area contributed by atoms with E-state index in [0.29, 0.717) is 17.1 Å². The Morgan fingerprint density at radius 3 is 2.90 bits per heavy atom. The third-order valence-electron chi connectivity index (χ3n) is 4.08. The molecule has 1 aliphatic rings. The molecule has 0 saturated carbocycles. The molecule has 6 nitrogen and oxygen atoms in total. The van der Waals surface area contributed by atoms with E-state index in [1.54, 1.807) is 5.51 Å². The molecule has 1 aromatic heterocycles. The summed E-state index contributed by atoms with van der Waals surface area (Å²) in [6, 6.07) is 3.81. The van der Waals surface area contributed by atoms with E-state index in [9.17, 15) is 10.1 Å². The Hall–Kier alpha value is -1.73. The van der Waals surface area contributed by atoms with Gasteiger partial charge in [0.05, 0.1) is 15.1 Å². The lowest BCUT2D eigenvalue weighted by atomic mass is 9.96. The van der Waals surface area contributed by atoms with E-state index in [4.69, 9.17) is 0 Å². The molecule has 3 rings (SSSR count). The number of rotatable bonds is 4. The fourth-order valence-electron chi connectivity index (χ4n) is 3.01. The van der Waals surface area contributed by atoms with Gasteiger partial charge in [-0.15, -0.1) is 11.3 Å². The van der Waals surface area contributed by atoms with Gasteiger partial charge in [0.25, 0.3) is 0 Å². The predicted octanol–water partition coefficient (Wildman–Crippen LogP) is 2.64. The van der Waals surface area contributed by atoms with Crippen LogP contribution in [0.5, 0.6) is 0 Å². The van der Waals surface area contributed by atoms with Gasteiger partial charge in [-0.25, -0.2) is 4.98 Å². The Balaban J connectivity index is 1.90. The van der Waals surface area contributed by atoms with E-state index in [0.717, 1.165) is 37.2 Å². The summed E-state index contributed by atoms with van der Waals surface area (Å²) in [4.78, 5) is 17.5. The molecule has 21 heavy (non-hydrogen) atoms. The molecule has 112 valence electrons. The minimum Gasteiger partial charge on any atom is -0.366 e. The maximum absolute atomic E-state index is 11.5. The number of hydrogen-bond donors (Lipinski definition) is 1. The van der Waals surface area contributed by atoms with Gasteiger partial charge in [0.2, 0.25) is 0 Å². The van der Waals surface area contributed by atoms with Gasteiger partial charge >= 0.3 is 5.69 Å². The lowest BCUT2D eigenvalue weighted by Crippen LogP contribution is -2.37. The number of piperidine rings is 1. The summed E-state index contributed by atoms with van der Waals surface area (Å²) < 4.78 is 0.871. The largest absolute Gasteiger partial charge is 0.366 e. The zero-order valence-corrected chi connectivity index (χ0v) is 12.7. The number of aromatic nitrogens is 1. The Morgan fingerprint density at radius 1 is 1.48 bits per heavy atom. The molecule has 1 aliphatic heterocycles. The first-order valence-corrected chi connectivity index (χ1v) is 7.99. The van der Waals surface area contributed by atoms with Crippen LogP contribution in [-0.4, -0.2) is 36.6 Å². The zero-order valence-electron chi connectivity index (χ0n) is 11.9. The van der Waals surface area contributed by atoms with Crippen LogP contribution in [0.1, 0.15) is 12.8 Å². The van der Waals surface area contributed by atoms with Crippen LogP contribution in [0.25, 0.3) is 10.2 Å². The van der Waals surface area contributed by atoms with E-state index >= 15 is 0 Å². The zero-order chi connectivity index (χ0) is 14.8. The third kappa shape index (κ3) is 2.71. The summed E-state index contributed by atoms with van der Waals surface area (Å²) in [5.41, 5.74) is 3.04. The molecule has 0 atom stereocenters. The number of nitrogens with one attached hydrogen (secondary N) is 1. The normalized spacial score (nSPS) is 16.5. The highest BCUT2D eigenvalue weighted by Crippen LogP contribution is 2.38. The van der Waals surface area contributed by atoms with Crippen LogP contribution in [0, 0.1) is 16.0 Å². The van der Waals surface area contributed by atoms with Crippen LogP contribution in [-0.2, 0) is 0 Å². The molecule has 2 heterocycles. The SMILES string of the molecule is CNCC1CCN(c2ccc3scnc3c2[N+](=O)[O-])CC1. The van der Waals surface area contributed by atoms with Crippen molar-refractivity contribution in [1.29, 1.82) is 0 Å². The van der Waals surface area contributed by atoms with E-state index in [1.165, 1.54) is 11.3 Å². The van der Waals surface area contributed by atoms with Crippen molar-refractivity contribution >= 4 is 32.9 Å². The molecule has 0 amide bonds. The summed E-state index contributed by atoms with van der Waals surface area (Å²) in [5.74, 6) is 0.660. The first kappa shape index (κ1) is 14.2. The highest BCUT2D eigenvalue weighted by molar-refractivity contribution is 7.16. The van der Waals surface area contributed by atoms with Crippen molar-refractivity contribution in [1.82, 2.24) is 10.3 Å². The molecule has 0 radical (unpaired) electrons. The van der Waals surface area contributed by atoms with E-state index in [1.807, 2.05) is 19.2 Å². The number of nitrogens with zero attached hydrogens (tertiary/aromatic N) is 3. The van der Waals surface area contributed by atoms with Gasteiger partial charge in [0.1, 0.15) is 5.69 Å². The lowest BCUT2D eigenvalue weighted by molar-refractivity contribution is -0.382. The lowest BCUT2D eigenvalue weighted by Gasteiger charge is -2.33. The molecular formula is C14H18N4O2S. The van der Waals surface area contributed by atoms with E-state index < -0.39 is 0 Å². The molecular weight excluding hydrogens is 288 g/mol. The standard InChI is InChI=1S/C14H18N4O2S/c1-15-8-10-4-6-17(7-5-10)11-2-3-12-13(16-9-21-12)14(11)18(19)20/h2-3,9-10,15H,4-8H2,1H3. The van der Waals surface area contributed by atoms with Gasteiger partial charge in [-0.3, -0.25) is 10.1 Å².